The fraction of sp³-hybridized carbons (Fsp3) is 0.256. The van der Waals surface area contributed by atoms with Gasteiger partial charge in [-0.3, -0.25) is 4.79 Å². The van der Waals surface area contributed by atoms with Crippen molar-refractivity contribution in [2.75, 3.05) is 26.4 Å². The van der Waals surface area contributed by atoms with Gasteiger partial charge in [-0.1, -0.05) is 30.4 Å². The third-order valence-corrected chi connectivity index (χ3v) is 7.86. The van der Waals surface area contributed by atoms with Crippen molar-refractivity contribution in [1.29, 1.82) is 0 Å². The minimum atomic E-state index is -0.630. The topological polar surface area (TPSA) is 119 Å². The zero-order chi connectivity index (χ0) is 34.1. The van der Waals surface area contributed by atoms with Crippen LogP contribution in [0.5, 0.6) is 11.5 Å². The molecule has 0 bridgehead atoms. The summed E-state index contributed by atoms with van der Waals surface area (Å²) in [5, 5.41) is 17.7. The number of halogens is 1. The highest BCUT2D eigenvalue weighted by molar-refractivity contribution is 14.1. The molecule has 9 heteroatoms. The van der Waals surface area contributed by atoms with Gasteiger partial charge < -0.3 is 24.4 Å². The number of carbonyl (C=O) groups is 3. The molecule has 4 rings (SSSR count). The van der Waals surface area contributed by atoms with Crippen LogP contribution in [0, 0.1) is 15.4 Å². The van der Waals surface area contributed by atoms with E-state index in [1.165, 1.54) is 6.07 Å². The van der Waals surface area contributed by atoms with Crippen molar-refractivity contribution in [1.82, 2.24) is 0 Å². The van der Waals surface area contributed by atoms with Crippen LogP contribution in [0.2, 0.25) is 0 Å². The number of carbonyl (C=O) groups excluding carboxylic acids is 3. The molecule has 0 aromatic heterocycles. The maximum absolute atomic E-state index is 13.5. The van der Waals surface area contributed by atoms with Gasteiger partial charge in [0.2, 0.25) is 0 Å². The molecule has 0 aliphatic carbocycles. The number of esters is 2. The van der Waals surface area contributed by atoms with Crippen molar-refractivity contribution in [2.45, 2.75) is 38.5 Å². The Hall–Kier alpha value is -4.50. The summed E-state index contributed by atoms with van der Waals surface area (Å²) in [6, 6.07) is 25.4. The summed E-state index contributed by atoms with van der Waals surface area (Å²) < 4.78 is 17.5. The van der Waals surface area contributed by atoms with Crippen LogP contribution in [0.15, 0.2) is 91.0 Å². The highest BCUT2D eigenvalue weighted by Crippen LogP contribution is 2.26. The highest BCUT2D eigenvalue weighted by Gasteiger charge is 2.20. The SMILES string of the molecule is O=C(OCCCCO)c1cccc(C(=O)c2ccc(I)cc2OC(=O)c2ccc(C#Cc3ccc(OCCCCCCO)cc3)cc2)c1. The van der Waals surface area contributed by atoms with Gasteiger partial charge >= 0.3 is 11.9 Å². The largest absolute Gasteiger partial charge is 0.494 e. The molecule has 0 spiro atoms. The minimum Gasteiger partial charge on any atom is -0.494 e. The quantitative estimate of drug-likeness (QED) is 0.0313. The molecular formula is C39H37IO8. The molecule has 48 heavy (non-hydrogen) atoms. The molecule has 4 aromatic rings. The summed E-state index contributed by atoms with van der Waals surface area (Å²) in [6.45, 7) is 1.05. The van der Waals surface area contributed by atoms with Gasteiger partial charge in [-0.05, 0) is 134 Å². The summed E-state index contributed by atoms with van der Waals surface area (Å²) in [6.07, 6.45) is 4.85. The lowest BCUT2D eigenvalue weighted by molar-refractivity contribution is 0.0492. The maximum atomic E-state index is 13.5. The standard InChI is InChI=1S/C39H37IO8/c40-33-18-21-35(37(43)31-8-7-9-32(26-31)38(44)47-25-6-4-23-42)36(27-33)48-39(45)30-16-12-28(13-17-30)10-11-29-14-19-34(20-15-29)46-24-5-2-1-3-22-41/h7-9,12-21,26-27,41-42H,1-6,22-25H2. The Morgan fingerprint density at radius 2 is 1.25 bits per heavy atom. The number of ether oxygens (including phenoxy) is 3. The van der Waals surface area contributed by atoms with Gasteiger partial charge in [0.25, 0.3) is 0 Å². The van der Waals surface area contributed by atoms with Gasteiger partial charge in [0.1, 0.15) is 11.5 Å². The fourth-order valence-electron chi connectivity index (χ4n) is 4.56. The van der Waals surface area contributed by atoms with E-state index in [4.69, 9.17) is 24.4 Å². The van der Waals surface area contributed by atoms with Crippen LogP contribution >= 0.6 is 22.6 Å². The molecule has 0 aliphatic heterocycles. The minimum absolute atomic E-state index is 0.0200. The van der Waals surface area contributed by atoms with Crippen LogP contribution in [0.3, 0.4) is 0 Å². The summed E-state index contributed by atoms with van der Waals surface area (Å²) in [7, 11) is 0. The molecule has 8 nitrogen and oxygen atoms in total. The Morgan fingerprint density at radius 3 is 1.96 bits per heavy atom. The number of unbranched alkanes of at least 4 members (excludes halogenated alkanes) is 4. The Morgan fingerprint density at radius 1 is 0.625 bits per heavy atom. The van der Waals surface area contributed by atoms with Gasteiger partial charge in [-0.2, -0.15) is 0 Å². The second kappa shape index (κ2) is 19.4. The van der Waals surface area contributed by atoms with Crippen LogP contribution in [0.25, 0.3) is 0 Å². The van der Waals surface area contributed by atoms with E-state index in [0.29, 0.717) is 30.6 Å². The van der Waals surface area contributed by atoms with Crippen molar-refractivity contribution in [3.63, 3.8) is 0 Å². The first-order valence-electron chi connectivity index (χ1n) is 15.8. The Labute approximate surface area is 294 Å². The van der Waals surface area contributed by atoms with Gasteiger partial charge in [0.15, 0.2) is 5.78 Å². The number of benzene rings is 4. The Bertz CT molecular complexity index is 1740. The smallest absolute Gasteiger partial charge is 0.343 e. The van der Waals surface area contributed by atoms with E-state index in [9.17, 15) is 14.4 Å². The Balaban J connectivity index is 1.37. The first-order chi connectivity index (χ1) is 23.4. The summed E-state index contributed by atoms with van der Waals surface area (Å²) >= 11 is 2.08. The summed E-state index contributed by atoms with van der Waals surface area (Å²) in [5.74, 6) is 5.48. The molecule has 248 valence electrons. The van der Waals surface area contributed by atoms with Crippen molar-refractivity contribution in [3.05, 3.63) is 128 Å². The lowest BCUT2D eigenvalue weighted by Crippen LogP contribution is -2.13. The van der Waals surface area contributed by atoms with E-state index in [-0.39, 0.29) is 42.3 Å². The lowest BCUT2D eigenvalue weighted by atomic mass is 10.0. The van der Waals surface area contributed by atoms with Gasteiger partial charge in [0.05, 0.1) is 29.9 Å². The van der Waals surface area contributed by atoms with E-state index in [2.05, 4.69) is 34.4 Å². The first kappa shape index (κ1) is 36.3. The zero-order valence-electron chi connectivity index (χ0n) is 26.5. The van der Waals surface area contributed by atoms with E-state index in [1.807, 2.05) is 24.3 Å². The first-order valence-corrected chi connectivity index (χ1v) is 16.9. The van der Waals surface area contributed by atoms with Crippen LogP contribution in [0.4, 0.5) is 0 Å². The van der Waals surface area contributed by atoms with E-state index in [0.717, 1.165) is 40.6 Å². The molecule has 0 unspecified atom stereocenters. The van der Waals surface area contributed by atoms with Crippen molar-refractivity contribution < 1.29 is 38.8 Å². The lowest BCUT2D eigenvalue weighted by Gasteiger charge is -2.11. The molecule has 0 heterocycles. The molecule has 2 N–H and O–H groups in total. The van der Waals surface area contributed by atoms with Crippen molar-refractivity contribution in [3.8, 4) is 23.3 Å². The summed E-state index contributed by atoms with van der Waals surface area (Å²) in [4.78, 5) is 39.1. The summed E-state index contributed by atoms with van der Waals surface area (Å²) in [5.41, 5.74) is 2.47. The average molecular weight is 761 g/mol. The maximum Gasteiger partial charge on any atom is 0.343 e. The molecule has 0 amide bonds. The van der Waals surface area contributed by atoms with E-state index in [1.54, 1.807) is 60.7 Å². The number of rotatable bonds is 16. The van der Waals surface area contributed by atoms with Crippen molar-refractivity contribution >= 4 is 40.3 Å². The molecule has 0 fully saturated rings. The molecule has 0 radical (unpaired) electrons. The number of hydrogen-bond acceptors (Lipinski definition) is 8. The van der Waals surface area contributed by atoms with Crippen LogP contribution in [-0.4, -0.2) is 54.4 Å². The van der Waals surface area contributed by atoms with Gasteiger partial charge in [-0.15, -0.1) is 0 Å². The zero-order valence-corrected chi connectivity index (χ0v) is 28.6. The number of aliphatic hydroxyl groups is 2. The van der Waals surface area contributed by atoms with Gasteiger partial charge in [-0.25, -0.2) is 9.59 Å². The number of ketones is 1. The molecule has 4 aromatic carbocycles. The van der Waals surface area contributed by atoms with Crippen LogP contribution < -0.4 is 9.47 Å². The molecule has 0 saturated carbocycles. The average Bonchev–Trinajstić information content (AvgIpc) is 3.11. The molecule has 0 aliphatic rings. The molecule has 0 atom stereocenters. The second-order valence-electron chi connectivity index (χ2n) is 10.8. The van der Waals surface area contributed by atoms with Gasteiger partial charge in [0, 0.05) is 33.5 Å². The number of aliphatic hydroxyl groups excluding tert-OH is 2. The normalized spacial score (nSPS) is 10.5. The van der Waals surface area contributed by atoms with Crippen molar-refractivity contribution in [2.24, 2.45) is 0 Å². The van der Waals surface area contributed by atoms with Crippen LogP contribution in [0.1, 0.15) is 86.3 Å². The number of hydrogen-bond donors (Lipinski definition) is 2. The third-order valence-electron chi connectivity index (χ3n) is 7.18. The second-order valence-corrected chi connectivity index (χ2v) is 12.1. The molecule has 0 saturated heterocycles. The highest BCUT2D eigenvalue weighted by atomic mass is 127. The predicted octanol–water partition coefficient (Wildman–Crippen LogP) is 7.00. The monoisotopic (exact) mass is 760 g/mol. The van der Waals surface area contributed by atoms with Crippen LogP contribution in [-0.2, 0) is 4.74 Å². The third kappa shape index (κ3) is 11.3. The van der Waals surface area contributed by atoms with E-state index >= 15 is 0 Å². The van der Waals surface area contributed by atoms with E-state index < -0.39 is 17.7 Å². The molecular weight excluding hydrogens is 723 g/mol. The predicted molar refractivity (Wildman–Crippen MR) is 191 cm³/mol. The Kier molecular flexibility index (Phi) is 14.7. The fourth-order valence-corrected chi connectivity index (χ4v) is 5.02.